The number of carbonyl (C=O) groups excluding carboxylic acids is 1. The van der Waals surface area contributed by atoms with Crippen LogP contribution in [-0.4, -0.2) is 73.2 Å². The standard InChI is InChI=1S/C36H34FNO10/c37-22-12-9-19(10-13-22)27(39)16-15-26-29(38(34(26)44)23-6-2-1-3-7-23)25-14-11-21(18-28(25)40)20-5-4-8-24(17-20)47-36-32(43)30(41)31(42)33(48-36)35(45)46/h1-14,17-18,26-27,29-33,36,39-43H,15-16H2,(H,45,46)/t26-,27+,29-,30+,31+,32-,33+,36-/m1/s1. The molecule has 11 nitrogen and oxygen atoms in total. The quantitative estimate of drug-likeness (QED) is 0.138. The van der Waals surface area contributed by atoms with E-state index in [4.69, 9.17) is 9.47 Å². The fourth-order valence-electron chi connectivity index (χ4n) is 6.26. The maximum atomic E-state index is 13.5. The molecule has 0 unspecified atom stereocenters. The molecule has 48 heavy (non-hydrogen) atoms. The lowest BCUT2D eigenvalue weighted by Crippen LogP contribution is -2.61. The summed E-state index contributed by atoms with van der Waals surface area (Å²) in [6.45, 7) is 0. The first-order valence-corrected chi connectivity index (χ1v) is 15.4. The first kappa shape index (κ1) is 33.1. The molecular formula is C36H34FNO10. The number of aliphatic hydroxyl groups is 4. The second-order valence-corrected chi connectivity index (χ2v) is 11.9. The zero-order chi connectivity index (χ0) is 34.1. The fraction of sp³-hybridized carbons (Fsp3) is 0.278. The molecule has 0 aliphatic carbocycles. The first-order chi connectivity index (χ1) is 23.0. The highest BCUT2D eigenvalue weighted by molar-refractivity contribution is 6.03. The van der Waals surface area contributed by atoms with E-state index in [2.05, 4.69) is 0 Å². The molecule has 0 radical (unpaired) electrons. The van der Waals surface area contributed by atoms with Crippen molar-refractivity contribution >= 4 is 17.6 Å². The van der Waals surface area contributed by atoms with Gasteiger partial charge in [-0.15, -0.1) is 0 Å². The average Bonchev–Trinajstić information content (AvgIpc) is 3.08. The van der Waals surface area contributed by atoms with Crippen molar-refractivity contribution in [3.63, 3.8) is 0 Å². The van der Waals surface area contributed by atoms with E-state index in [9.17, 15) is 44.6 Å². The molecule has 6 rings (SSSR count). The molecule has 0 saturated carbocycles. The van der Waals surface area contributed by atoms with Crippen molar-refractivity contribution in [1.82, 2.24) is 0 Å². The van der Waals surface area contributed by atoms with Gasteiger partial charge in [-0.1, -0.05) is 54.6 Å². The van der Waals surface area contributed by atoms with E-state index in [0.29, 0.717) is 34.4 Å². The van der Waals surface area contributed by atoms with Gasteiger partial charge in [0.05, 0.1) is 18.1 Å². The number of carboxylic acid groups (broad SMARTS) is 1. The number of aliphatic hydroxyl groups excluding tert-OH is 4. The number of amides is 1. The number of nitrogens with zero attached hydrogens (tertiary/aromatic N) is 1. The zero-order valence-electron chi connectivity index (χ0n) is 25.4. The van der Waals surface area contributed by atoms with Gasteiger partial charge in [0.15, 0.2) is 6.10 Å². The summed E-state index contributed by atoms with van der Waals surface area (Å²) in [7, 11) is 0. The Morgan fingerprint density at radius 2 is 1.58 bits per heavy atom. The second kappa shape index (κ2) is 13.7. The molecule has 250 valence electrons. The SMILES string of the molecule is O=C(O)[C@H]1O[C@@H](Oc2cccc(-c3ccc([C@@H]4[C@@H](CC[C@H](O)c5ccc(F)cc5)C(=O)N4c4ccccc4)c(O)c3)c2)[C@H](O)[C@@H](O)[C@@H]1O. The van der Waals surface area contributed by atoms with Gasteiger partial charge in [0.25, 0.3) is 0 Å². The molecular weight excluding hydrogens is 625 g/mol. The van der Waals surface area contributed by atoms with Gasteiger partial charge in [-0.05, 0) is 72.0 Å². The molecule has 1 amide bonds. The van der Waals surface area contributed by atoms with E-state index in [0.717, 1.165) is 0 Å². The third kappa shape index (κ3) is 6.48. The van der Waals surface area contributed by atoms with Crippen LogP contribution in [-0.2, 0) is 14.3 Å². The van der Waals surface area contributed by atoms with Crippen LogP contribution in [0.1, 0.15) is 36.1 Å². The molecule has 0 spiro atoms. The number of phenols is 1. The Hall–Kier alpha value is -4.85. The van der Waals surface area contributed by atoms with Crippen LogP contribution in [0.15, 0.2) is 97.1 Å². The van der Waals surface area contributed by atoms with Crippen molar-refractivity contribution in [2.24, 2.45) is 5.92 Å². The third-order valence-corrected chi connectivity index (χ3v) is 8.84. The lowest BCUT2D eigenvalue weighted by molar-refractivity contribution is -0.271. The Balaban J connectivity index is 1.23. The summed E-state index contributed by atoms with van der Waals surface area (Å²) >= 11 is 0. The number of ether oxygens (including phenoxy) is 2. The lowest BCUT2D eigenvalue weighted by atomic mass is 9.77. The number of rotatable bonds is 10. The van der Waals surface area contributed by atoms with Crippen molar-refractivity contribution in [2.45, 2.75) is 55.7 Å². The molecule has 4 aromatic carbocycles. The molecule has 2 aliphatic heterocycles. The van der Waals surface area contributed by atoms with E-state index >= 15 is 0 Å². The Bertz CT molecular complexity index is 1770. The second-order valence-electron chi connectivity index (χ2n) is 11.9. The lowest BCUT2D eigenvalue weighted by Gasteiger charge is -2.48. The molecule has 6 N–H and O–H groups in total. The predicted octanol–water partition coefficient (Wildman–Crippen LogP) is 3.69. The van der Waals surface area contributed by atoms with Crippen LogP contribution in [0, 0.1) is 11.7 Å². The van der Waals surface area contributed by atoms with Gasteiger partial charge in [0.1, 0.15) is 35.6 Å². The molecule has 2 aliphatic rings. The number of halogens is 1. The van der Waals surface area contributed by atoms with Crippen molar-refractivity contribution < 1.29 is 54.1 Å². The Morgan fingerprint density at radius 3 is 2.27 bits per heavy atom. The molecule has 2 heterocycles. The number of carboxylic acids is 1. The Morgan fingerprint density at radius 1 is 0.875 bits per heavy atom. The van der Waals surface area contributed by atoms with Crippen LogP contribution in [0.5, 0.6) is 11.5 Å². The number of aromatic hydroxyl groups is 1. The summed E-state index contributed by atoms with van der Waals surface area (Å²) in [4.78, 5) is 26.5. The topological polar surface area (TPSA) is 177 Å². The maximum Gasteiger partial charge on any atom is 0.335 e. The molecule has 4 aromatic rings. The number of hydrogen-bond acceptors (Lipinski definition) is 9. The van der Waals surface area contributed by atoms with E-state index in [1.54, 1.807) is 47.4 Å². The molecule has 8 atom stereocenters. The van der Waals surface area contributed by atoms with E-state index in [1.165, 1.54) is 36.4 Å². The van der Waals surface area contributed by atoms with Gasteiger partial charge >= 0.3 is 5.97 Å². The van der Waals surface area contributed by atoms with E-state index < -0.39 is 60.6 Å². The summed E-state index contributed by atoms with van der Waals surface area (Å²) in [5, 5.41) is 61.8. The van der Waals surface area contributed by atoms with Crippen LogP contribution >= 0.6 is 0 Å². The monoisotopic (exact) mass is 659 g/mol. The van der Waals surface area contributed by atoms with Crippen LogP contribution < -0.4 is 9.64 Å². The summed E-state index contributed by atoms with van der Waals surface area (Å²) in [6, 6.07) is 25.6. The van der Waals surface area contributed by atoms with Gasteiger partial charge in [-0.3, -0.25) is 4.79 Å². The number of anilines is 1. The maximum absolute atomic E-state index is 13.5. The normalized spacial score (nSPS) is 26.1. The summed E-state index contributed by atoms with van der Waals surface area (Å²) in [6.07, 6.45) is -9.15. The fourth-order valence-corrected chi connectivity index (χ4v) is 6.26. The zero-order valence-corrected chi connectivity index (χ0v) is 25.4. The smallest absolute Gasteiger partial charge is 0.335 e. The summed E-state index contributed by atoms with van der Waals surface area (Å²) in [5.41, 5.74) is 2.86. The third-order valence-electron chi connectivity index (χ3n) is 8.84. The number of phenolic OH excluding ortho intramolecular Hbond substituents is 1. The average molecular weight is 660 g/mol. The van der Waals surface area contributed by atoms with Crippen molar-refractivity contribution in [3.05, 3.63) is 114 Å². The first-order valence-electron chi connectivity index (χ1n) is 15.4. The largest absolute Gasteiger partial charge is 0.508 e. The molecule has 2 fully saturated rings. The van der Waals surface area contributed by atoms with Crippen molar-refractivity contribution in [3.8, 4) is 22.6 Å². The van der Waals surface area contributed by atoms with Crippen LogP contribution in [0.25, 0.3) is 11.1 Å². The van der Waals surface area contributed by atoms with Gasteiger partial charge in [0.2, 0.25) is 12.2 Å². The number of hydrogen-bond donors (Lipinski definition) is 6. The van der Waals surface area contributed by atoms with Crippen molar-refractivity contribution in [2.75, 3.05) is 4.90 Å². The number of β-lactam (4-membered cyclic amide) rings is 1. The van der Waals surface area contributed by atoms with Crippen LogP contribution in [0.3, 0.4) is 0 Å². The van der Waals surface area contributed by atoms with Gasteiger partial charge in [-0.2, -0.15) is 0 Å². The highest BCUT2D eigenvalue weighted by Gasteiger charge is 2.50. The van der Waals surface area contributed by atoms with Crippen LogP contribution in [0.4, 0.5) is 10.1 Å². The predicted molar refractivity (Wildman–Crippen MR) is 169 cm³/mol. The van der Waals surface area contributed by atoms with E-state index in [-0.39, 0.29) is 23.8 Å². The number of benzene rings is 4. The molecule has 0 aromatic heterocycles. The van der Waals surface area contributed by atoms with Crippen molar-refractivity contribution in [1.29, 1.82) is 0 Å². The minimum absolute atomic E-state index is 0.0752. The number of carbonyl (C=O) groups is 2. The number of aliphatic carboxylic acids is 1. The van der Waals surface area contributed by atoms with Gasteiger partial charge in [-0.25, -0.2) is 9.18 Å². The molecule has 12 heteroatoms. The highest BCUT2D eigenvalue weighted by Crippen LogP contribution is 2.49. The van der Waals surface area contributed by atoms with Gasteiger partial charge in [0, 0.05) is 11.3 Å². The minimum atomic E-state index is -1.85. The Kier molecular flexibility index (Phi) is 9.45. The molecule has 2 saturated heterocycles. The Labute approximate surface area is 274 Å². The molecule has 0 bridgehead atoms. The summed E-state index contributed by atoms with van der Waals surface area (Å²) in [5.74, 6) is -2.55. The highest BCUT2D eigenvalue weighted by atomic mass is 19.1. The minimum Gasteiger partial charge on any atom is -0.508 e. The number of para-hydroxylation sites is 1. The van der Waals surface area contributed by atoms with Crippen LogP contribution in [0.2, 0.25) is 0 Å². The van der Waals surface area contributed by atoms with E-state index in [1.807, 2.05) is 18.2 Å². The summed E-state index contributed by atoms with van der Waals surface area (Å²) < 4.78 is 24.3. The van der Waals surface area contributed by atoms with Gasteiger partial charge < -0.3 is 45.0 Å².